The number of aryl methyl sites for hydroxylation is 1. The van der Waals surface area contributed by atoms with Crippen molar-refractivity contribution < 1.29 is 9.90 Å². The Labute approximate surface area is 197 Å². The number of benzene rings is 3. The van der Waals surface area contributed by atoms with Gasteiger partial charge in [0.15, 0.2) is 5.78 Å². The van der Waals surface area contributed by atoms with Crippen molar-refractivity contribution in [1.29, 1.82) is 0 Å². The predicted octanol–water partition coefficient (Wildman–Crippen LogP) is 5.59. The zero-order chi connectivity index (χ0) is 23.5. The quantitative estimate of drug-likeness (QED) is 0.506. The summed E-state index contributed by atoms with van der Waals surface area (Å²) in [5.74, 6) is 0.402. The molecule has 3 aromatic rings. The van der Waals surface area contributed by atoms with Gasteiger partial charge in [-0.05, 0) is 62.6 Å². The molecule has 4 rings (SSSR count). The van der Waals surface area contributed by atoms with Crippen molar-refractivity contribution in [1.82, 2.24) is 9.80 Å². The maximum Gasteiger partial charge on any atom is 0.159 e. The molecule has 172 valence electrons. The third kappa shape index (κ3) is 5.35. The van der Waals surface area contributed by atoms with Gasteiger partial charge in [-0.2, -0.15) is 0 Å². The number of carbonyl (C=O) groups excluding carboxylic acids is 1. The summed E-state index contributed by atoms with van der Waals surface area (Å²) in [6.45, 7) is 11.1. The van der Waals surface area contributed by atoms with Crippen molar-refractivity contribution >= 4 is 5.78 Å². The summed E-state index contributed by atoms with van der Waals surface area (Å²) in [5.41, 5.74) is 5.65. The number of phenolic OH excluding ortho intramolecular Hbond substituents is 1. The lowest BCUT2D eigenvalue weighted by molar-refractivity contribution is 0.0195. The zero-order valence-electron chi connectivity index (χ0n) is 20.0. The summed E-state index contributed by atoms with van der Waals surface area (Å²) in [4.78, 5) is 17.2. The maximum absolute atomic E-state index is 12.1. The van der Waals surface area contributed by atoms with E-state index in [2.05, 4.69) is 67.0 Å². The molecule has 4 nitrogen and oxygen atoms in total. The molecule has 1 aliphatic heterocycles. The van der Waals surface area contributed by atoms with E-state index in [1.165, 1.54) is 22.3 Å². The van der Waals surface area contributed by atoms with E-state index in [0.717, 1.165) is 25.2 Å². The average molecular weight is 443 g/mol. The first-order valence-corrected chi connectivity index (χ1v) is 11.8. The van der Waals surface area contributed by atoms with Gasteiger partial charge in [-0.3, -0.25) is 14.6 Å². The molecular formula is C29H34N2O2. The van der Waals surface area contributed by atoms with E-state index in [9.17, 15) is 9.90 Å². The summed E-state index contributed by atoms with van der Waals surface area (Å²) in [6, 6.07) is 25.2. The molecule has 1 heterocycles. The number of piperazine rings is 1. The second-order valence-electron chi connectivity index (χ2n) is 9.49. The molecule has 1 aliphatic rings. The second-order valence-corrected chi connectivity index (χ2v) is 9.49. The summed E-state index contributed by atoms with van der Waals surface area (Å²) in [7, 11) is 0. The molecule has 0 amide bonds. The standard InChI is InChI=1S/C29H34N2O2/c1-20-7-5-9-26(15-20)29(27-10-6-8-25(16-27)23(4)32)31-18-21(2)30(17-22(31)3)19-24-11-13-28(33)14-12-24/h5-16,21-22,29,33H,17-19H2,1-4H3/t21-,22+,29?/m1/s1. The minimum absolute atomic E-state index is 0.0949. The number of hydrogen-bond donors (Lipinski definition) is 1. The lowest BCUT2D eigenvalue weighted by Gasteiger charge is -2.48. The molecule has 3 atom stereocenters. The van der Waals surface area contributed by atoms with Crippen LogP contribution < -0.4 is 0 Å². The molecule has 0 spiro atoms. The second kappa shape index (κ2) is 9.90. The first-order valence-electron chi connectivity index (χ1n) is 11.8. The van der Waals surface area contributed by atoms with Gasteiger partial charge in [0.1, 0.15) is 5.75 Å². The SMILES string of the molecule is CC(=O)c1cccc(C(c2cccc(C)c2)N2C[C@@H](C)N(Cc3ccc(O)cc3)C[C@@H]2C)c1. The van der Waals surface area contributed by atoms with E-state index in [0.29, 0.717) is 17.8 Å². The van der Waals surface area contributed by atoms with Gasteiger partial charge in [-0.25, -0.2) is 0 Å². The number of ketones is 1. The molecule has 1 unspecified atom stereocenters. The molecule has 4 heteroatoms. The zero-order valence-corrected chi connectivity index (χ0v) is 20.0. The molecule has 1 fully saturated rings. The Morgan fingerprint density at radius 2 is 1.61 bits per heavy atom. The van der Waals surface area contributed by atoms with E-state index in [-0.39, 0.29) is 11.8 Å². The topological polar surface area (TPSA) is 43.8 Å². The van der Waals surface area contributed by atoms with Crippen molar-refractivity contribution in [3.05, 3.63) is 101 Å². The lowest BCUT2D eigenvalue weighted by Crippen LogP contribution is -2.56. The van der Waals surface area contributed by atoms with Crippen LogP contribution >= 0.6 is 0 Å². The Hall–Kier alpha value is -2.95. The Bertz CT molecular complexity index is 1110. The largest absolute Gasteiger partial charge is 0.508 e. The number of nitrogens with zero attached hydrogens (tertiary/aromatic N) is 2. The summed E-state index contributed by atoms with van der Waals surface area (Å²) in [6.07, 6.45) is 0. The van der Waals surface area contributed by atoms with E-state index in [1.54, 1.807) is 19.1 Å². The Morgan fingerprint density at radius 3 is 2.27 bits per heavy atom. The normalized spacial score (nSPS) is 20.5. The van der Waals surface area contributed by atoms with Crippen molar-refractivity contribution in [3.8, 4) is 5.75 Å². The highest BCUT2D eigenvalue weighted by atomic mass is 16.3. The van der Waals surface area contributed by atoms with Gasteiger partial charge < -0.3 is 5.11 Å². The predicted molar refractivity (Wildman–Crippen MR) is 134 cm³/mol. The van der Waals surface area contributed by atoms with Gasteiger partial charge in [0, 0.05) is 37.3 Å². The number of rotatable bonds is 6. The van der Waals surface area contributed by atoms with Crippen molar-refractivity contribution in [3.63, 3.8) is 0 Å². The minimum Gasteiger partial charge on any atom is -0.508 e. The molecule has 0 aliphatic carbocycles. The van der Waals surface area contributed by atoms with E-state index < -0.39 is 0 Å². The molecule has 33 heavy (non-hydrogen) atoms. The number of Topliss-reactive ketones (excluding diaryl/α,β-unsaturated/α-hetero) is 1. The third-order valence-electron chi connectivity index (χ3n) is 6.78. The first kappa shape index (κ1) is 23.2. The third-order valence-corrected chi connectivity index (χ3v) is 6.78. The highest BCUT2D eigenvalue weighted by Crippen LogP contribution is 2.34. The van der Waals surface area contributed by atoms with Gasteiger partial charge in [0.25, 0.3) is 0 Å². The van der Waals surface area contributed by atoms with Gasteiger partial charge in [0.2, 0.25) is 0 Å². The van der Waals surface area contributed by atoms with Crippen LogP contribution in [0.25, 0.3) is 0 Å². The van der Waals surface area contributed by atoms with E-state index >= 15 is 0 Å². The molecule has 1 saturated heterocycles. The molecule has 0 bridgehead atoms. The van der Waals surface area contributed by atoms with Crippen LogP contribution in [0.4, 0.5) is 0 Å². The summed E-state index contributed by atoms with van der Waals surface area (Å²) >= 11 is 0. The van der Waals surface area contributed by atoms with Crippen molar-refractivity contribution in [2.75, 3.05) is 13.1 Å². The molecule has 3 aromatic carbocycles. The fourth-order valence-electron chi connectivity index (χ4n) is 4.98. The van der Waals surface area contributed by atoms with Crippen LogP contribution in [-0.4, -0.2) is 45.9 Å². The Morgan fingerprint density at radius 1 is 0.939 bits per heavy atom. The van der Waals surface area contributed by atoms with Crippen LogP contribution in [0.3, 0.4) is 0 Å². The van der Waals surface area contributed by atoms with Gasteiger partial charge in [-0.15, -0.1) is 0 Å². The number of hydrogen-bond acceptors (Lipinski definition) is 4. The number of carbonyl (C=O) groups is 1. The molecule has 1 N–H and O–H groups in total. The van der Waals surface area contributed by atoms with Gasteiger partial charge in [0.05, 0.1) is 6.04 Å². The Kier molecular flexibility index (Phi) is 6.96. The number of aromatic hydroxyl groups is 1. The summed E-state index contributed by atoms with van der Waals surface area (Å²) < 4.78 is 0. The molecule has 0 saturated carbocycles. The molecule has 0 radical (unpaired) electrons. The van der Waals surface area contributed by atoms with Crippen molar-refractivity contribution in [2.45, 2.75) is 52.4 Å². The van der Waals surface area contributed by atoms with E-state index in [1.807, 2.05) is 24.3 Å². The van der Waals surface area contributed by atoms with E-state index in [4.69, 9.17) is 0 Å². The van der Waals surface area contributed by atoms with Crippen LogP contribution in [0.15, 0.2) is 72.8 Å². The first-order chi connectivity index (χ1) is 15.8. The van der Waals surface area contributed by atoms with Crippen LogP contribution in [0, 0.1) is 6.92 Å². The lowest BCUT2D eigenvalue weighted by atomic mass is 9.91. The van der Waals surface area contributed by atoms with Gasteiger partial charge >= 0.3 is 0 Å². The van der Waals surface area contributed by atoms with Gasteiger partial charge in [-0.1, -0.05) is 60.2 Å². The maximum atomic E-state index is 12.1. The minimum atomic E-state index is 0.0949. The highest BCUT2D eigenvalue weighted by Gasteiger charge is 2.35. The monoisotopic (exact) mass is 442 g/mol. The smallest absolute Gasteiger partial charge is 0.159 e. The fourth-order valence-corrected chi connectivity index (χ4v) is 4.98. The van der Waals surface area contributed by atoms with Crippen LogP contribution in [0.2, 0.25) is 0 Å². The van der Waals surface area contributed by atoms with Crippen LogP contribution in [0.5, 0.6) is 5.75 Å². The van der Waals surface area contributed by atoms with Crippen molar-refractivity contribution in [2.24, 2.45) is 0 Å². The molecular weight excluding hydrogens is 408 g/mol. The Balaban J connectivity index is 1.64. The van der Waals surface area contributed by atoms with Crippen LogP contribution in [-0.2, 0) is 6.54 Å². The fraction of sp³-hybridized carbons (Fsp3) is 0.345. The van der Waals surface area contributed by atoms with Crippen LogP contribution in [0.1, 0.15) is 59.4 Å². The molecule has 0 aromatic heterocycles. The summed E-state index contributed by atoms with van der Waals surface area (Å²) in [5, 5.41) is 9.60. The average Bonchev–Trinajstić information content (AvgIpc) is 2.79. The number of phenols is 1. The highest BCUT2D eigenvalue weighted by molar-refractivity contribution is 5.94.